The topological polar surface area (TPSA) is 129 Å². The summed E-state index contributed by atoms with van der Waals surface area (Å²) in [5.41, 5.74) is 6.41. The highest BCUT2D eigenvalue weighted by molar-refractivity contribution is 6.01. The van der Waals surface area contributed by atoms with Gasteiger partial charge in [0.25, 0.3) is 11.5 Å². The maximum atomic E-state index is 13.1. The van der Waals surface area contributed by atoms with Crippen LogP contribution in [0.2, 0.25) is 0 Å². The van der Waals surface area contributed by atoms with Crippen molar-refractivity contribution in [1.82, 2.24) is 14.9 Å². The molecule has 1 aromatic carbocycles. The van der Waals surface area contributed by atoms with Gasteiger partial charge in [-0.1, -0.05) is 26.0 Å². The van der Waals surface area contributed by atoms with E-state index >= 15 is 0 Å². The van der Waals surface area contributed by atoms with Crippen LogP contribution in [0.4, 0.5) is 4.39 Å². The van der Waals surface area contributed by atoms with Gasteiger partial charge in [0.15, 0.2) is 5.75 Å². The fourth-order valence-corrected chi connectivity index (χ4v) is 3.47. The molecule has 4 N–H and O–H groups in total. The largest absolute Gasteiger partial charge is 0.505 e. The Kier molecular flexibility index (Phi) is 12.7. The zero-order chi connectivity index (χ0) is 27.2. The smallest absolute Gasteiger partial charge is 0.267 e. The van der Waals surface area contributed by atoms with E-state index in [2.05, 4.69) is 17.2 Å². The van der Waals surface area contributed by atoms with Crippen molar-refractivity contribution in [3.8, 4) is 5.75 Å². The number of amides is 1. The van der Waals surface area contributed by atoms with Gasteiger partial charge in [0.2, 0.25) is 0 Å². The van der Waals surface area contributed by atoms with Crippen molar-refractivity contribution in [1.29, 1.82) is 0 Å². The van der Waals surface area contributed by atoms with E-state index in [1.54, 1.807) is 24.4 Å². The minimum Gasteiger partial charge on any atom is -0.505 e. The van der Waals surface area contributed by atoms with Gasteiger partial charge in [-0.2, -0.15) is 0 Å². The first-order valence-corrected chi connectivity index (χ1v) is 12.4. The lowest BCUT2D eigenvalue weighted by molar-refractivity contribution is 0.0911. The van der Waals surface area contributed by atoms with Crippen LogP contribution in [-0.2, 0) is 22.9 Å². The van der Waals surface area contributed by atoms with Crippen molar-refractivity contribution in [2.75, 3.05) is 39.5 Å². The molecule has 37 heavy (non-hydrogen) atoms. The van der Waals surface area contributed by atoms with Crippen molar-refractivity contribution in [3.63, 3.8) is 0 Å². The molecule has 0 aliphatic carbocycles. The van der Waals surface area contributed by atoms with Gasteiger partial charge in [0.1, 0.15) is 16.9 Å². The lowest BCUT2D eigenvalue weighted by Gasteiger charge is -2.12. The third-order valence-corrected chi connectivity index (χ3v) is 5.30. The molecule has 0 atom stereocenters. The Bertz CT molecular complexity index is 1190. The minimum atomic E-state index is -0.674. The number of hydrogen-bond donors (Lipinski definition) is 3. The molecule has 0 aliphatic heterocycles. The van der Waals surface area contributed by atoms with Crippen LogP contribution in [0, 0.1) is 5.82 Å². The maximum Gasteiger partial charge on any atom is 0.267 e. The fourth-order valence-electron chi connectivity index (χ4n) is 3.47. The summed E-state index contributed by atoms with van der Waals surface area (Å²) < 4.78 is 24.7. The molecule has 0 fully saturated rings. The van der Waals surface area contributed by atoms with Crippen molar-refractivity contribution in [3.05, 3.63) is 69.4 Å². The maximum absolute atomic E-state index is 13.1. The van der Waals surface area contributed by atoms with E-state index in [9.17, 15) is 19.1 Å². The molecular weight excluding hydrogens is 479 g/mol. The van der Waals surface area contributed by atoms with Gasteiger partial charge in [-0.15, -0.1) is 0 Å². The van der Waals surface area contributed by atoms with Crippen molar-refractivity contribution in [2.45, 2.75) is 33.1 Å². The number of pyridine rings is 2. The molecule has 2 aromatic heterocycles. The summed E-state index contributed by atoms with van der Waals surface area (Å²) >= 11 is 0. The summed E-state index contributed by atoms with van der Waals surface area (Å²) in [6, 6.07) is 7.83. The molecule has 0 unspecified atom stereocenters. The Hall–Kier alpha value is -3.34. The summed E-state index contributed by atoms with van der Waals surface area (Å²) in [4.78, 5) is 29.5. The molecule has 0 spiro atoms. The fraction of sp³-hybridized carbons (Fsp3) is 0.444. The second kappa shape index (κ2) is 15.7. The van der Waals surface area contributed by atoms with Crippen LogP contribution in [-0.4, -0.2) is 60.1 Å². The van der Waals surface area contributed by atoms with Crippen LogP contribution >= 0.6 is 0 Å². The molecule has 0 bridgehead atoms. The first kappa shape index (κ1) is 29.9. The van der Waals surface area contributed by atoms with Crippen LogP contribution in [0.15, 0.2) is 41.3 Å². The lowest BCUT2D eigenvalue weighted by Crippen LogP contribution is -2.34. The zero-order valence-corrected chi connectivity index (χ0v) is 21.8. The highest BCUT2D eigenvalue weighted by Gasteiger charge is 2.22. The van der Waals surface area contributed by atoms with Crippen LogP contribution in [0.3, 0.4) is 0 Å². The van der Waals surface area contributed by atoms with E-state index in [0.29, 0.717) is 38.3 Å². The van der Waals surface area contributed by atoms with Crippen molar-refractivity contribution < 1.29 is 23.8 Å². The molecule has 9 nitrogen and oxygen atoms in total. The number of benzene rings is 1. The van der Waals surface area contributed by atoms with E-state index in [-0.39, 0.29) is 23.4 Å². The number of ether oxygens (including phenoxy) is 2. The van der Waals surface area contributed by atoms with E-state index in [4.69, 9.17) is 15.2 Å². The number of nitrogens with zero attached hydrogens (tertiary/aromatic N) is 2. The molecule has 1 amide bonds. The molecule has 0 saturated carbocycles. The van der Waals surface area contributed by atoms with Gasteiger partial charge >= 0.3 is 0 Å². The van der Waals surface area contributed by atoms with Crippen LogP contribution in [0.5, 0.6) is 5.75 Å². The van der Waals surface area contributed by atoms with E-state index in [1.165, 1.54) is 23.7 Å². The standard InChI is InChI=1S/C22H24FN3O4.C5H13NO/c1-3-9-30-10-8-24-21(28)18-20(27)19-17(26(2)22(18)29)12-15(13-25-19)11-14-4-6-16(23)7-5-14;1-2-4-7-5-3-6/h4-7,12-13,27H,3,8-11H2,1-2H3,(H,24,28);2-6H2,1H3. The summed E-state index contributed by atoms with van der Waals surface area (Å²) in [6.45, 7) is 7.38. The quantitative estimate of drug-likeness (QED) is 0.316. The number of nitrogens with two attached hydrogens (primary N) is 1. The van der Waals surface area contributed by atoms with Crippen molar-refractivity contribution >= 4 is 16.9 Å². The number of aryl methyl sites for hydroxylation is 1. The monoisotopic (exact) mass is 516 g/mol. The molecule has 202 valence electrons. The van der Waals surface area contributed by atoms with Crippen LogP contribution < -0.4 is 16.6 Å². The molecule has 3 aromatic rings. The number of aromatic hydroxyl groups is 1. The van der Waals surface area contributed by atoms with Gasteiger partial charge < -0.3 is 30.2 Å². The Morgan fingerprint density at radius 1 is 1.08 bits per heavy atom. The number of halogens is 1. The summed E-state index contributed by atoms with van der Waals surface area (Å²) in [6.07, 6.45) is 4.00. The number of rotatable bonds is 12. The van der Waals surface area contributed by atoms with E-state index in [1.807, 2.05) is 6.92 Å². The van der Waals surface area contributed by atoms with Crippen molar-refractivity contribution in [2.24, 2.45) is 12.8 Å². The number of nitrogens with one attached hydrogen (secondary N) is 1. The number of hydrogen-bond acceptors (Lipinski definition) is 7. The minimum absolute atomic E-state index is 0.160. The highest BCUT2D eigenvalue weighted by Crippen LogP contribution is 2.25. The van der Waals surface area contributed by atoms with Crippen LogP contribution in [0.25, 0.3) is 11.0 Å². The SMILES string of the molecule is CCCOCCN.CCCOCCNC(=O)c1c(O)c2ncc(Cc3ccc(F)cc3)cc2n(C)c1=O. The second-order valence-corrected chi connectivity index (χ2v) is 8.37. The Balaban J connectivity index is 0.000000604. The number of carbonyl (C=O) groups is 1. The van der Waals surface area contributed by atoms with Gasteiger partial charge in [-0.3, -0.25) is 14.6 Å². The second-order valence-electron chi connectivity index (χ2n) is 8.37. The molecule has 3 rings (SSSR count). The molecule has 0 saturated heterocycles. The molecular formula is C27H37FN4O5. The molecule has 0 radical (unpaired) electrons. The highest BCUT2D eigenvalue weighted by atomic mass is 19.1. The average molecular weight is 517 g/mol. The summed E-state index contributed by atoms with van der Waals surface area (Å²) in [7, 11) is 1.52. The van der Waals surface area contributed by atoms with Gasteiger partial charge in [-0.05, 0) is 48.6 Å². The Morgan fingerprint density at radius 2 is 1.73 bits per heavy atom. The summed E-state index contributed by atoms with van der Waals surface area (Å²) in [5, 5.41) is 13.2. The Labute approximate surface area is 216 Å². The average Bonchev–Trinajstić information content (AvgIpc) is 2.89. The number of carbonyl (C=O) groups excluding carboxylic acids is 1. The third-order valence-electron chi connectivity index (χ3n) is 5.30. The Morgan fingerprint density at radius 3 is 2.35 bits per heavy atom. The normalized spacial score (nSPS) is 10.7. The third kappa shape index (κ3) is 8.92. The predicted octanol–water partition coefficient (Wildman–Crippen LogP) is 2.90. The lowest BCUT2D eigenvalue weighted by atomic mass is 10.1. The first-order chi connectivity index (χ1) is 17.8. The molecule has 10 heteroatoms. The predicted molar refractivity (Wildman–Crippen MR) is 141 cm³/mol. The van der Waals surface area contributed by atoms with Gasteiger partial charge in [-0.25, -0.2) is 4.39 Å². The zero-order valence-electron chi connectivity index (χ0n) is 21.8. The van der Waals surface area contributed by atoms with E-state index in [0.717, 1.165) is 30.6 Å². The first-order valence-electron chi connectivity index (χ1n) is 12.4. The van der Waals surface area contributed by atoms with Crippen LogP contribution in [0.1, 0.15) is 48.2 Å². The number of aromatic nitrogens is 2. The summed E-state index contributed by atoms with van der Waals surface area (Å²) in [5.74, 6) is -1.44. The van der Waals surface area contributed by atoms with Gasteiger partial charge in [0, 0.05) is 39.5 Å². The van der Waals surface area contributed by atoms with Gasteiger partial charge in [0.05, 0.1) is 18.7 Å². The number of fused-ring (bicyclic) bond motifs is 1. The molecule has 0 aliphatic rings. The van der Waals surface area contributed by atoms with E-state index < -0.39 is 17.2 Å². The molecule has 2 heterocycles.